The lowest BCUT2D eigenvalue weighted by Gasteiger charge is -2.34. The Hall–Kier alpha value is -2.21. The van der Waals surface area contributed by atoms with Crippen LogP contribution < -0.4 is 5.32 Å². The van der Waals surface area contributed by atoms with Crippen LogP contribution in [0.25, 0.3) is 16.8 Å². The molecule has 32 heavy (non-hydrogen) atoms. The van der Waals surface area contributed by atoms with Gasteiger partial charge in [0.15, 0.2) is 0 Å². The summed E-state index contributed by atoms with van der Waals surface area (Å²) in [4.78, 5) is 15.1. The Balaban J connectivity index is 1.27. The molecule has 5 rings (SSSR count). The predicted molar refractivity (Wildman–Crippen MR) is 127 cm³/mol. The maximum absolute atomic E-state index is 12.5. The van der Waals surface area contributed by atoms with E-state index in [-0.39, 0.29) is 11.9 Å². The Kier molecular flexibility index (Phi) is 6.31. The molecule has 2 aromatic rings. The van der Waals surface area contributed by atoms with Gasteiger partial charge in [0.25, 0.3) is 5.91 Å². The van der Waals surface area contributed by atoms with E-state index in [4.69, 9.17) is 9.47 Å². The molecule has 0 radical (unpaired) electrons. The summed E-state index contributed by atoms with van der Waals surface area (Å²) in [7, 11) is 0. The van der Waals surface area contributed by atoms with Crippen molar-refractivity contribution < 1.29 is 14.3 Å². The van der Waals surface area contributed by atoms with E-state index in [1.807, 2.05) is 13.8 Å². The Morgan fingerprint density at radius 1 is 1.16 bits per heavy atom. The number of nitrogens with zero attached hydrogens (tertiary/aromatic N) is 1. The van der Waals surface area contributed by atoms with Crippen LogP contribution in [0.3, 0.4) is 0 Å². The molecular formula is C27H34N2O3. The van der Waals surface area contributed by atoms with Gasteiger partial charge in [0.05, 0.1) is 0 Å². The molecule has 5 nitrogen and oxygen atoms in total. The molecule has 3 aliphatic rings. The third-order valence-corrected chi connectivity index (χ3v) is 7.13. The zero-order valence-electron chi connectivity index (χ0n) is 19.2. The van der Waals surface area contributed by atoms with Gasteiger partial charge in [-0.15, -0.1) is 0 Å². The third kappa shape index (κ3) is 4.34. The molecule has 1 N–H and O–H groups in total. The minimum Gasteiger partial charge on any atom is -0.349 e. The van der Waals surface area contributed by atoms with Gasteiger partial charge < -0.3 is 14.8 Å². The molecule has 170 valence electrons. The van der Waals surface area contributed by atoms with E-state index in [0.29, 0.717) is 19.1 Å². The number of ether oxygens (including phenoxy) is 2. The number of hydrogen-bond acceptors (Lipinski definition) is 4. The maximum Gasteiger partial charge on any atom is 0.277 e. The van der Waals surface area contributed by atoms with Gasteiger partial charge in [0, 0.05) is 38.9 Å². The highest BCUT2D eigenvalue weighted by molar-refractivity contribution is 5.90. The average molecular weight is 435 g/mol. The van der Waals surface area contributed by atoms with Gasteiger partial charge in [-0.2, -0.15) is 0 Å². The summed E-state index contributed by atoms with van der Waals surface area (Å²) >= 11 is 0. The minimum atomic E-state index is -0.801. The van der Waals surface area contributed by atoms with E-state index in [0.717, 1.165) is 38.4 Å². The first-order valence-electron chi connectivity index (χ1n) is 12.2. The number of amides is 1. The van der Waals surface area contributed by atoms with Crippen LogP contribution in [0, 0.1) is 5.92 Å². The number of nitrogens with one attached hydrogen (secondary N) is 1. The van der Waals surface area contributed by atoms with Crippen LogP contribution in [0.4, 0.5) is 0 Å². The fourth-order valence-electron chi connectivity index (χ4n) is 5.43. The van der Waals surface area contributed by atoms with Crippen LogP contribution in [0.15, 0.2) is 36.4 Å². The molecule has 2 aliphatic carbocycles. The molecule has 2 aromatic carbocycles. The van der Waals surface area contributed by atoms with Crippen molar-refractivity contribution in [2.75, 3.05) is 26.3 Å². The number of rotatable bonds is 8. The molecule has 1 saturated carbocycles. The number of likely N-dealkylation sites (tertiary alicyclic amines) is 1. The van der Waals surface area contributed by atoms with Crippen molar-refractivity contribution in [2.24, 2.45) is 5.92 Å². The number of allylic oxidation sites excluding steroid dienone is 1. The second-order valence-corrected chi connectivity index (χ2v) is 9.25. The first kappa shape index (κ1) is 21.6. The van der Waals surface area contributed by atoms with E-state index in [1.165, 1.54) is 28.3 Å². The van der Waals surface area contributed by atoms with Gasteiger partial charge in [-0.25, -0.2) is 0 Å². The van der Waals surface area contributed by atoms with Crippen molar-refractivity contribution >= 4 is 22.8 Å². The van der Waals surface area contributed by atoms with Crippen molar-refractivity contribution in [1.29, 1.82) is 0 Å². The summed E-state index contributed by atoms with van der Waals surface area (Å²) < 4.78 is 10.9. The van der Waals surface area contributed by atoms with Gasteiger partial charge >= 0.3 is 0 Å². The van der Waals surface area contributed by atoms with Crippen molar-refractivity contribution in [3.05, 3.63) is 53.1 Å². The molecule has 1 amide bonds. The molecule has 2 unspecified atom stereocenters. The van der Waals surface area contributed by atoms with Crippen LogP contribution in [0.1, 0.15) is 55.7 Å². The predicted octanol–water partition coefficient (Wildman–Crippen LogP) is 4.45. The Morgan fingerprint density at radius 2 is 1.91 bits per heavy atom. The number of piperidine rings is 1. The summed E-state index contributed by atoms with van der Waals surface area (Å²) in [6, 6.07) is 11.4. The van der Waals surface area contributed by atoms with Gasteiger partial charge in [0.1, 0.15) is 0 Å². The van der Waals surface area contributed by atoms with E-state index in [1.54, 1.807) is 5.56 Å². The van der Waals surface area contributed by atoms with Gasteiger partial charge in [-0.3, -0.25) is 9.69 Å². The SMILES string of the molecule is CCOC(OCC)C(=O)NC1CCN(Cc2c3c(cc4ccccc24)C=CC2CC32)CC1. The molecular weight excluding hydrogens is 400 g/mol. The van der Waals surface area contributed by atoms with Gasteiger partial charge in [-0.1, -0.05) is 36.4 Å². The molecule has 0 aromatic heterocycles. The Labute approximate surface area is 190 Å². The number of fused-ring (bicyclic) bond motifs is 4. The van der Waals surface area contributed by atoms with Gasteiger partial charge in [-0.05, 0) is 78.5 Å². The zero-order chi connectivity index (χ0) is 22.1. The highest BCUT2D eigenvalue weighted by atomic mass is 16.7. The minimum absolute atomic E-state index is 0.151. The van der Waals surface area contributed by atoms with Crippen molar-refractivity contribution in [3.63, 3.8) is 0 Å². The van der Waals surface area contributed by atoms with E-state index in [2.05, 4.69) is 52.7 Å². The third-order valence-electron chi connectivity index (χ3n) is 7.13. The number of carbonyl (C=O) groups is 1. The van der Waals surface area contributed by atoms with Crippen LogP contribution in [0.2, 0.25) is 0 Å². The van der Waals surface area contributed by atoms with E-state index in [9.17, 15) is 4.79 Å². The molecule has 1 aliphatic heterocycles. The second-order valence-electron chi connectivity index (χ2n) is 9.25. The smallest absolute Gasteiger partial charge is 0.277 e. The van der Waals surface area contributed by atoms with Crippen molar-refractivity contribution in [3.8, 4) is 0 Å². The molecule has 0 spiro atoms. The van der Waals surface area contributed by atoms with Crippen molar-refractivity contribution in [1.82, 2.24) is 10.2 Å². The largest absolute Gasteiger partial charge is 0.349 e. The van der Waals surface area contributed by atoms with Gasteiger partial charge in [0.2, 0.25) is 6.29 Å². The Morgan fingerprint density at radius 3 is 2.66 bits per heavy atom. The average Bonchev–Trinajstić information content (AvgIpc) is 3.60. The lowest BCUT2D eigenvalue weighted by molar-refractivity contribution is -0.171. The summed E-state index contributed by atoms with van der Waals surface area (Å²) in [6.45, 7) is 7.64. The van der Waals surface area contributed by atoms with Crippen LogP contribution in [-0.2, 0) is 20.8 Å². The number of benzene rings is 2. The topological polar surface area (TPSA) is 50.8 Å². The molecule has 0 bridgehead atoms. The van der Waals surface area contributed by atoms with Crippen LogP contribution >= 0.6 is 0 Å². The fraction of sp³-hybridized carbons (Fsp3) is 0.519. The lowest BCUT2D eigenvalue weighted by atomic mass is 9.87. The normalized spacial score (nSPS) is 22.7. The van der Waals surface area contributed by atoms with Crippen LogP contribution in [-0.4, -0.2) is 49.4 Å². The fourth-order valence-corrected chi connectivity index (χ4v) is 5.43. The molecule has 2 atom stereocenters. The standard InChI is InChI=1S/C27H34N2O3/c1-3-31-27(32-4-2)26(30)28-21-11-13-29(14-12-21)17-24-22-8-6-5-7-18(22)15-20-10-9-19-16-23(19)25(20)24/h5-10,15,19,21,23,27H,3-4,11-14,16-17H2,1-2H3,(H,28,30). The number of carbonyl (C=O) groups excluding carboxylic acids is 1. The van der Waals surface area contributed by atoms with E-state index >= 15 is 0 Å². The second kappa shape index (κ2) is 9.34. The first-order chi connectivity index (χ1) is 15.7. The highest BCUT2D eigenvalue weighted by Gasteiger charge is 2.41. The lowest BCUT2D eigenvalue weighted by Crippen LogP contribution is -2.48. The number of hydrogen-bond donors (Lipinski definition) is 1. The molecule has 1 saturated heterocycles. The molecule has 2 fully saturated rings. The maximum atomic E-state index is 12.5. The van der Waals surface area contributed by atoms with E-state index < -0.39 is 6.29 Å². The summed E-state index contributed by atoms with van der Waals surface area (Å²) in [6.07, 6.45) is 7.14. The summed E-state index contributed by atoms with van der Waals surface area (Å²) in [5.74, 6) is 1.30. The molecule has 5 heteroatoms. The monoisotopic (exact) mass is 434 g/mol. The summed E-state index contributed by atoms with van der Waals surface area (Å²) in [5.41, 5.74) is 4.52. The Bertz CT molecular complexity index is 1000. The zero-order valence-corrected chi connectivity index (χ0v) is 19.2. The van der Waals surface area contributed by atoms with Crippen LogP contribution in [0.5, 0.6) is 0 Å². The molecule has 1 heterocycles. The highest BCUT2D eigenvalue weighted by Crippen LogP contribution is 2.54. The summed E-state index contributed by atoms with van der Waals surface area (Å²) in [5, 5.41) is 5.88. The quantitative estimate of drug-likeness (QED) is 0.624. The van der Waals surface area contributed by atoms with Crippen molar-refractivity contribution in [2.45, 2.75) is 57.9 Å². The first-order valence-corrected chi connectivity index (χ1v) is 12.2.